The first-order valence-corrected chi connectivity index (χ1v) is 8.50. The maximum absolute atomic E-state index is 12.5. The molecule has 0 aliphatic carbocycles. The minimum Gasteiger partial charge on any atom is -0.382 e. The SMILES string of the molecule is COCCOCC(=O)NC1CCN(C(=O)c2ccccc2S)CC1. The highest BCUT2D eigenvalue weighted by molar-refractivity contribution is 7.80. The summed E-state index contributed by atoms with van der Waals surface area (Å²) in [6, 6.07) is 7.38. The van der Waals surface area contributed by atoms with Gasteiger partial charge in [0.2, 0.25) is 5.91 Å². The fourth-order valence-electron chi connectivity index (χ4n) is 2.63. The minimum atomic E-state index is -0.128. The Kier molecular flexibility index (Phi) is 7.55. The molecule has 1 aliphatic rings. The summed E-state index contributed by atoms with van der Waals surface area (Å²) in [5, 5.41) is 2.95. The van der Waals surface area contributed by atoms with E-state index in [1.54, 1.807) is 13.2 Å². The first-order chi connectivity index (χ1) is 11.6. The number of piperidine rings is 1. The quantitative estimate of drug-likeness (QED) is 0.574. The fraction of sp³-hybridized carbons (Fsp3) is 0.529. The van der Waals surface area contributed by atoms with Gasteiger partial charge in [-0.1, -0.05) is 12.1 Å². The molecule has 2 rings (SSSR count). The molecule has 0 unspecified atom stereocenters. The second-order valence-corrected chi connectivity index (χ2v) is 6.18. The molecule has 1 aliphatic heterocycles. The molecular weight excluding hydrogens is 328 g/mol. The van der Waals surface area contributed by atoms with Crippen LogP contribution in [0.2, 0.25) is 0 Å². The van der Waals surface area contributed by atoms with Crippen LogP contribution in [0.1, 0.15) is 23.2 Å². The summed E-state index contributed by atoms with van der Waals surface area (Å²) in [4.78, 5) is 26.8. The van der Waals surface area contributed by atoms with Crippen molar-refractivity contribution in [3.05, 3.63) is 29.8 Å². The average Bonchev–Trinajstić information content (AvgIpc) is 2.59. The van der Waals surface area contributed by atoms with Crippen LogP contribution >= 0.6 is 12.6 Å². The van der Waals surface area contributed by atoms with E-state index in [1.165, 1.54) is 0 Å². The maximum Gasteiger partial charge on any atom is 0.254 e. The van der Waals surface area contributed by atoms with Crippen molar-refractivity contribution >= 4 is 24.4 Å². The molecule has 1 aromatic carbocycles. The number of amides is 2. The fourth-order valence-corrected chi connectivity index (χ4v) is 2.88. The van der Waals surface area contributed by atoms with Crippen molar-refractivity contribution in [1.29, 1.82) is 0 Å². The zero-order chi connectivity index (χ0) is 17.4. The molecule has 0 bridgehead atoms. The van der Waals surface area contributed by atoms with E-state index in [0.29, 0.717) is 36.8 Å². The van der Waals surface area contributed by atoms with Crippen molar-refractivity contribution < 1.29 is 19.1 Å². The smallest absolute Gasteiger partial charge is 0.254 e. The topological polar surface area (TPSA) is 67.9 Å². The predicted molar refractivity (Wildman–Crippen MR) is 93.5 cm³/mol. The molecule has 1 saturated heterocycles. The third-order valence-electron chi connectivity index (χ3n) is 3.95. The number of nitrogens with zero attached hydrogens (tertiary/aromatic N) is 1. The van der Waals surface area contributed by atoms with Gasteiger partial charge in [0.15, 0.2) is 0 Å². The van der Waals surface area contributed by atoms with Crippen molar-refractivity contribution in [1.82, 2.24) is 10.2 Å². The zero-order valence-electron chi connectivity index (χ0n) is 13.9. The summed E-state index contributed by atoms with van der Waals surface area (Å²) in [7, 11) is 1.59. The molecule has 0 aromatic heterocycles. The Labute approximate surface area is 147 Å². The highest BCUT2D eigenvalue weighted by Crippen LogP contribution is 2.18. The van der Waals surface area contributed by atoms with Crippen LogP contribution in [0, 0.1) is 0 Å². The van der Waals surface area contributed by atoms with Crippen molar-refractivity contribution in [3.63, 3.8) is 0 Å². The molecule has 132 valence electrons. The van der Waals surface area contributed by atoms with Crippen molar-refractivity contribution in [2.45, 2.75) is 23.8 Å². The largest absolute Gasteiger partial charge is 0.382 e. The number of hydrogen-bond donors (Lipinski definition) is 2. The molecule has 6 nitrogen and oxygen atoms in total. The van der Waals surface area contributed by atoms with E-state index in [1.807, 2.05) is 23.1 Å². The van der Waals surface area contributed by atoms with Crippen LogP contribution in [-0.2, 0) is 14.3 Å². The Morgan fingerprint density at radius 1 is 1.25 bits per heavy atom. The number of rotatable bonds is 7. The average molecular weight is 352 g/mol. The Hall–Kier alpha value is -1.57. The summed E-state index contributed by atoms with van der Waals surface area (Å²) < 4.78 is 10.1. The first-order valence-electron chi connectivity index (χ1n) is 8.05. The number of ether oxygens (including phenoxy) is 2. The summed E-state index contributed by atoms with van der Waals surface area (Å²) in [6.07, 6.45) is 1.48. The molecule has 24 heavy (non-hydrogen) atoms. The van der Waals surface area contributed by atoms with Crippen molar-refractivity contribution in [3.8, 4) is 0 Å². The number of methoxy groups -OCH3 is 1. The molecule has 2 amide bonds. The summed E-state index contributed by atoms with van der Waals surface area (Å²) in [6.45, 7) is 2.16. The Balaban J connectivity index is 1.74. The van der Waals surface area contributed by atoms with Gasteiger partial charge in [0.25, 0.3) is 5.91 Å². The lowest BCUT2D eigenvalue weighted by Crippen LogP contribution is -2.47. The third kappa shape index (κ3) is 5.51. The first kappa shape index (κ1) is 18.8. The van der Waals surface area contributed by atoms with Crippen LogP contribution in [-0.4, -0.2) is 62.8 Å². The van der Waals surface area contributed by atoms with Gasteiger partial charge in [-0.25, -0.2) is 0 Å². The third-order valence-corrected chi connectivity index (χ3v) is 4.34. The number of likely N-dealkylation sites (tertiary alicyclic amines) is 1. The monoisotopic (exact) mass is 352 g/mol. The van der Waals surface area contributed by atoms with Gasteiger partial charge in [0.05, 0.1) is 18.8 Å². The number of benzene rings is 1. The molecule has 1 aromatic rings. The number of hydrogen-bond acceptors (Lipinski definition) is 5. The van der Waals surface area contributed by atoms with Gasteiger partial charge in [0.1, 0.15) is 6.61 Å². The van der Waals surface area contributed by atoms with E-state index in [0.717, 1.165) is 12.8 Å². The lowest BCUT2D eigenvalue weighted by Gasteiger charge is -2.32. The lowest BCUT2D eigenvalue weighted by atomic mass is 10.0. The lowest BCUT2D eigenvalue weighted by molar-refractivity contribution is -0.127. The summed E-state index contributed by atoms with van der Waals surface area (Å²) >= 11 is 4.34. The predicted octanol–water partition coefficient (Wildman–Crippen LogP) is 1.36. The van der Waals surface area contributed by atoms with E-state index in [2.05, 4.69) is 17.9 Å². The molecule has 1 fully saturated rings. The van der Waals surface area contributed by atoms with Crippen molar-refractivity contribution in [2.24, 2.45) is 0 Å². The van der Waals surface area contributed by atoms with E-state index < -0.39 is 0 Å². The van der Waals surface area contributed by atoms with Crippen LogP contribution in [0.3, 0.4) is 0 Å². The molecule has 1 heterocycles. The van der Waals surface area contributed by atoms with E-state index in [9.17, 15) is 9.59 Å². The number of carbonyl (C=O) groups excluding carboxylic acids is 2. The van der Waals surface area contributed by atoms with Gasteiger partial charge >= 0.3 is 0 Å². The number of thiol groups is 1. The molecule has 0 saturated carbocycles. The van der Waals surface area contributed by atoms with Crippen LogP contribution < -0.4 is 5.32 Å². The van der Waals surface area contributed by atoms with Crippen molar-refractivity contribution in [2.75, 3.05) is 40.0 Å². The summed E-state index contributed by atoms with van der Waals surface area (Å²) in [5.41, 5.74) is 0.620. The highest BCUT2D eigenvalue weighted by Gasteiger charge is 2.25. The normalized spacial score (nSPS) is 15.3. The zero-order valence-corrected chi connectivity index (χ0v) is 14.8. The minimum absolute atomic E-state index is 0.00623. The highest BCUT2D eigenvalue weighted by atomic mass is 32.1. The van der Waals surface area contributed by atoms with Gasteiger partial charge in [-0.2, -0.15) is 0 Å². The maximum atomic E-state index is 12.5. The number of carbonyl (C=O) groups is 2. The standard InChI is InChI=1S/C17H24N2O4S/c1-22-10-11-23-12-16(20)18-13-6-8-19(9-7-13)17(21)14-4-2-3-5-15(14)24/h2-5,13,24H,6-12H2,1H3,(H,18,20). The molecular formula is C17H24N2O4S. The Morgan fingerprint density at radius 2 is 1.96 bits per heavy atom. The molecule has 1 N–H and O–H groups in total. The van der Waals surface area contributed by atoms with E-state index in [-0.39, 0.29) is 24.5 Å². The molecule has 0 spiro atoms. The van der Waals surface area contributed by atoms with Crippen LogP contribution in [0.15, 0.2) is 29.2 Å². The second-order valence-electron chi connectivity index (χ2n) is 5.70. The summed E-state index contributed by atoms with van der Waals surface area (Å²) in [5.74, 6) is -0.134. The Bertz CT molecular complexity index is 559. The molecule has 0 atom stereocenters. The van der Waals surface area contributed by atoms with Gasteiger partial charge < -0.3 is 19.7 Å². The van der Waals surface area contributed by atoms with Crippen LogP contribution in [0.4, 0.5) is 0 Å². The van der Waals surface area contributed by atoms with E-state index >= 15 is 0 Å². The second kappa shape index (κ2) is 9.66. The molecule has 7 heteroatoms. The van der Waals surface area contributed by atoms with Gasteiger partial charge in [0, 0.05) is 31.1 Å². The Morgan fingerprint density at radius 3 is 2.62 bits per heavy atom. The van der Waals surface area contributed by atoms with E-state index in [4.69, 9.17) is 9.47 Å². The van der Waals surface area contributed by atoms with Crippen LogP contribution in [0.5, 0.6) is 0 Å². The number of nitrogens with one attached hydrogen (secondary N) is 1. The van der Waals surface area contributed by atoms with Crippen LogP contribution in [0.25, 0.3) is 0 Å². The molecule has 0 radical (unpaired) electrons. The van der Waals surface area contributed by atoms with Gasteiger partial charge in [-0.15, -0.1) is 12.6 Å². The van der Waals surface area contributed by atoms with Gasteiger partial charge in [-0.3, -0.25) is 9.59 Å². The van der Waals surface area contributed by atoms with Gasteiger partial charge in [-0.05, 0) is 25.0 Å².